The lowest BCUT2D eigenvalue weighted by molar-refractivity contribution is 0.387. The highest BCUT2D eigenvalue weighted by atomic mass is 35.5. The van der Waals surface area contributed by atoms with Gasteiger partial charge in [-0.05, 0) is 30.3 Å². The molecule has 104 valence electrons. The van der Waals surface area contributed by atoms with Crippen LogP contribution in [0.3, 0.4) is 0 Å². The number of hydrogen-bond acceptors (Lipinski definition) is 3. The Bertz CT molecular complexity index is 664. The van der Waals surface area contributed by atoms with Gasteiger partial charge in [0, 0.05) is 23.0 Å². The summed E-state index contributed by atoms with van der Waals surface area (Å²) in [5, 5.41) is 3.55. The summed E-state index contributed by atoms with van der Waals surface area (Å²) in [5.74, 6) is -0.249. The first-order valence-corrected chi connectivity index (χ1v) is 6.50. The fraction of sp³-hybridized carbons (Fsp3) is 0.0714. The summed E-state index contributed by atoms with van der Waals surface area (Å²) in [6.07, 6.45) is 0. The zero-order valence-electron chi connectivity index (χ0n) is 10.6. The van der Waals surface area contributed by atoms with Crippen molar-refractivity contribution in [2.24, 2.45) is 5.73 Å². The van der Waals surface area contributed by atoms with Gasteiger partial charge in [-0.1, -0.05) is 23.8 Å². The maximum absolute atomic E-state index is 13.3. The first-order chi connectivity index (χ1) is 9.51. The van der Waals surface area contributed by atoms with E-state index in [9.17, 15) is 4.39 Å². The Balaban J connectivity index is 2.26. The van der Waals surface area contributed by atoms with Crippen molar-refractivity contribution in [1.29, 1.82) is 0 Å². The lowest BCUT2D eigenvalue weighted by Gasteiger charge is -2.10. The van der Waals surface area contributed by atoms with Crippen molar-refractivity contribution in [3.63, 3.8) is 0 Å². The zero-order chi connectivity index (χ0) is 14.7. The fourth-order valence-corrected chi connectivity index (χ4v) is 2.21. The van der Waals surface area contributed by atoms with E-state index in [0.717, 1.165) is 5.69 Å². The Labute approximate surface area is 126 Å². The summed E-state index contributed by atoms with van der Waals surface area (Å²) >= 11 is 11.0. The zero-order valence-corrected chi connectivity index (χ0v) is 12.2. The van der Waals surface area contributed by atoms with E-state index in [0.29, 0.717) is 16.3 Å². The van der Waals surface area contributed by atoms with Crippen LogP contribution in [0.25, 0.3) is 0 Å². The number of methoxy groups -OCH3 is 1. The highest BCUT2D eigenvalue weighted by Crippen LogP contribution is 2.27. The van der Waals surface area contributed by atoms with Crippen LogP contribution in [0.15, 0.2) is 36.4 Å². The molecule has 0 saturated carbocycles. The maximum atomic E-state index is 13.3. The minimum absolute atomic E-state index is 0.167. The van der Waals surface area contributed by atoms with Gasteiger partial charge in [-0.25, -0.2) is 4.39 Å². The van der Waals surface area contributed by atoms with Crippen molar-refractivity contribution in [3.05, 3.63) is 52.8 Å². The smallest absolute Gasteiger partial charge is 0.165 e. The van der Waals surface area contributed by atoms with E-state index in [2.05, 4.69) is 5.32 Å². The number of nitrogens with one attached hydrogen (secondary N) is 1. The third-order valence-electron chi connectivity index (χ3n) is 2.67. The van der Waals surface area contributed by atoms with Gasteiger partial charge in [0.05, 0.1) is 12.1 Å². The molecule has 0 aliphatic heterocycles. The minimum Gasteiger partial charge on any atom is -0.494 e. The van der Waals surface area contributed by atoms with Gasteiger partial charge in [-0.3, -0.25) is 0 Å². The molecule has 3 nitrogen and oxygen atoms in total. The third kappa shape index (κ3) is 3.18. The van der Waals surface area contributed by atoms with Gasteiger partial charge >= 0.3 is 0 Å². The molecule has 0 saturated heterocycles. The van der Waals surface area contributed by atoms with Crippen molar-refractivity contribution in [3.8, 4) is 5.75 Å². The molecule has 0 aromatic heterocycles. The summed E-state index contributed by atoms with van der Waals surface area (Å²) < 4.78 is 18.2. The van der Waals surface area contributed by atoms with Crippen LogP contribution in [0.2, 0.25) is 5.02 Å². The largest absolute Gasteiger partial charge is 0.494 e. The second-order valence-electron chi connectivity index (χ2n) is 4.03. The molecule has 0 amide bonds. The first-order valence-electron chi connectivity index (χ1n) is 5.71. The van der Waals surface area contributed by atoms with Crippen molar-refractivity contribution in [2.75, 3.05) is 12.4 Å². The first kappa shape index (κ1) is 14.6. The number of benzene rings is 2. The Morgan fingerprint density at radius 1 is 1.25 bits per heavy atom. The average Bonchev–Trinajstić information content (AvgIpc) is 2.40. The lowest BCUT2D eigenvalue weighted by Crippen LogP contribution is -2.09. The molecule has 0 bridgehead atoms. The van der Waals surface area contributed by atoms with Crippen molar-refractivity contribution in [1.82, 2.24) is 0 Å². The number of ether oxygens (including phenoxy) is 1. The third-order valence-corrected chi connectivity index (χ3v) is 3.21. The van der Waals surface area contributed by atoms with Crippen LogP contribution in [-0.2, 0) is 0 Å². The molecule has 0 aliphatic rings. The van der Waals surface area contributed by atoms with Crippen LogP contribution in [0.1, 0.15) is 5.56 Å². The summed E-state index contributed by atoms with van der Waals surface area (Å²) in [5.41, 5.74) is 7.58. The molecule has 0 aliphatic carbocycles. The van der Waals surface area contributed by atoms with Crippen molar-refractivity contribution in [2.45, 2.75) is 0 Å². The van der Waals surface area contributed by atoms with Gasteiger partial charge < -0.3 is 15.8 Å². The Hall–Kier alpha value is -1.85. The fourth-order valence-electron chi connectivity index (χ4n) is 1.70. The molecule has 0 unspecified atom stereocenters. The van der Waals surface area contributed by atoms with Gasteiger partial charge in [0.15, 0.2) is 11.6 Å². The van der Waals surface area contributed by atoms with Crippen LogP contribution in [0.5, 0.6) is 5.75 Å². The molecule has 2 rings (SSSR count). The SMILES string of the molecule is COc1cc(Nc2ccc(C(N)=S)c(Cl)c2)ccc1F. The molecule has 0 radical (unpaired) electrons. The lowest BCUT2D eigenvalue weighted by atomic mass is 10.2. The average molecular weight is 311 g/mol. The van der Waals surface area contributed by atoms with Crippen LogP contribution in [0.4, 0.5) is 15.8 Å². The quantitative estimate of drug-likeness (QED) is 0.842. The van der Waals surface area contributed by atoms with E-state index >= 15 is 0 Å². The molecule has 2 aromatic carbocycles. The van der Waals surface area contributed by atoms with Gasteiger partial charge in [-0.15, -0.1) is 0 Å². The number of rotatable bonds is 4. The summed E-state index contributed by atoms with van der Waals surface area (Å²) in [7, 11) is 1.41. The molecule has 2 aromatic rings. The maximum Gasteiger partial charge on any atom is 0.165 e. The topological polar surface area (TPSA) is 47.3 Å². The molecule has 0 fully saturated rings. The molecule has 0 atom stereocenters. The summed E-state index contributed by atoms with van der Waals surface area (Å²) in [6.45, 7) is 0. The minimum atomic E-state index is -0.417. The Morgan fingerprint density at radius 2 is 1.90 bits per heavy atom. The number of hydrogen-bond donors (Lipinski definition) is 2. The number of halogens is 2. The molecule has 3 N–H and O–H groups in total. The standard InChI is InChI=1S/C14H12ClFN2OS/c1-19-13-7-9(3-5-12(13)16)18-8-2-4-10(14(17)20)11(15)6-8/h2-7,18H,1H3,(H2,17,20). The van der Waals surface area contributed by atoms with Gasteiger partial charge in [0.1, 0.15) is 4.99 Å². The summed E-state index contributed by atoms with van der Waals surface area (Å²) in [6, 6.07) is 9.71. The molecule has 0 spiro atoms. The molecule has 20 heavy (non-hydrogen) atoms. The van der Waals surface area contributed by atoms with Gasteiger partial charge in [0.25, 0.3) is 0 Å². The highest BCUT2D eigenvalue weighted by Gasteiger charge is 2.06. The van der Waals surface area contributed by atoms with E-state index in [4.69, 9.17) is 34.3 Å². The number of anilines is 2. The summed E-state index contributed by atoms with van der Waals surface area (Å²) in [4.78, 5) is 0.241. The number of thiocarbonyl (C=S) groups is 1. The van der Waals surface area contributed by atoms with Crippen LogP contribution in [-0.4, -0.2) is 12.1 Å². The van der Waals surface area contributed by atoms with E-state index < -0.39 is 5.82 Å². The van der Waals surface area contributed by atoms with Crippen LogP contribution < -0.4 is 15.8 Å². The van der Waals surface area contributed by atoms with Gasteiger partial charge in [0.2, 0.25) is 0 Å². The second kappa shape index (κ2) is 6.07. The Morgan fingerprint density at radius 3 is 2.50 bits per heavy atom. The van der Waals surface area contributed by atoms with Crippen molar-refractivity contribution < 1.29 is 9.13 Å². The predicted molar refractivity (Wildman–Crippen MR) is 83.6 cm³/mol. The highest BCUT2D eigenvalue weighted by molar-refractivity contribution is 7.80. The van der Waals surface area contributed by atoms with E-state index in [1.807, 2.05) is 0 Å². The van der Waals surface area contributed by atoms with Crippen LogP contribution in [0, 0.1) is 5.82 Å². The molecule has 0 heterocycles. The second-order valence-corrected chi connectivity index (χ2v) is 4.88. The van der Waals surface area contributed by atoms with Crippen molar-refractivity contribution >= 4 is 40.2 Å². The predicted octanol–water partition coefficient (Wildman–Crippen LogP) is 3.87. The Kier molecular flexibility index (Phi) is 4.42. The number of nitrogens with two attached hydrogens (primary N) is 1. The normalized spacial score (nSPS) is 10.2. The molecule has 6 heteroatoms. The van der Waals surface area contributed by atoms with E-state index in [-0.39, 0.29) is 10.7 Å². The molecular formula is C14H12ClFN2OS. The van der Waals surface area contributed by atoms with Crippen LogP contribution >= 0.6 is 23.8 Å². The van der Waals surface area contributed by atoms with E-state index in [1.165, 1.54) is 13.2 Å². The van der Waals surface area contributed by atoms with E-state index in [1.54, 1.807) is 30.3 Å². The molecular weight excluding hydrogens is 299 g/mol. The van der Waals surface area contributed by atoms with Gasteiger partial charge in [-0.2, -0.15) is 0 Å². The monoisotopic (exact) mass is 310 g/mol.